The molecular weight excluding hydrogens is 418 g/mol. The van der Waals surface area contributed by atoms with Crippen LogP contribution in [0.3, 0.4) is 0 Å². The van der Waals surface area contributed by atoms with Crippen LogP contribution in [0.1, 0.15) is 21.7 Å². The number of benzene rings is 3. The van der Waals surface area contributed by atoms with Gasteiger partial charge in [-0.25, -0.2) is 4.98 Å². The Bertz CT molecular complexity index is 1330. The minimum Gasteiger partial charge on any atom is -0.326 e. The molecule has 0 saturated heterocycles. The highest BCUT2D eigenvalue weighted by molar-refractivity contribution is 6.05. The number of aromatic nitrogens is 2. The fraction of sp³-hybridized carbons (Fsp3) is 0.200. The largest absolute Gasteiger partial charge is 0.326 e. The number of hydrogen-bond acceptors (Lipinski definition) is 5. The molecule has 3 aromatic carbocycles. The number of nitrogens with zero attached hydrogens (tertiary/aromatic N) is 4. The van der Waals surface area contributed by atoms with Crippen molar-refractivity contribution >= 4 is 28.3 Å². The van der Waals surface area contributed by atoms with Gasteiger partial charge in [0.05, 0.1) is 22.5 Å². The van der Waals surface area contributed by atoms with Crippen molar-refractivity contribution in [1.29, 1.82) is 0 Å². The minimum absolute atomic E-state index is 0.114. The summed E-state index contributed by atoms with van der Waals surface area (Å²) in [4.78, 5) is 30.3. The zero-order valence-corrected chi connectivity index (χ0v) is 18.0. The van der Waals surface area contributed by atoms with Crippen LogP contribution in [-0.2, 0) is 19.5 Å². The Morgan fingerprint density at radius 1 is 1.03 bits per heavy atom. The van der Waals surface area contributed by atoms with Crippen molar-refractivity contribution in [3.05, 3.63) is 99.9 Å². The van der Waals surface area contributed by atoms with E-state index in [1.54, 1.807) is 6.07 Å². The van der Waals surface area contributed by atoms with E-state index in [9.17, 15) is 14.9 Å². The van der Waals surface area contributed by atoms with Crippen molar-refractivity contribution in [3.8, 4) is 0 Å². The maximum Gasteiger partial charge on any atom is 0.270 e. The van der Waals surface area contributed by atoms with Crippen molar-refractivity contribution < 1.29 is 9.72 Å². The number of carbonyl (C=O) groups excluding carboxylic acids is 1. The SMILES string of the molecule is O=C(Nc1ccc2c(c1)nc1n2CCN(CCc2ccccc2)C1)c1cccc([N+](=O)[O-])c1. The molecule has 1 amide bonds. The van der Waals surface area contributed by atoms with Gasteiger partial charge in [-0.3, -0.25) is 19.8 Å². The summed E-state index contributed by atoms with van der Waals surface area (Å²) >= 11 is 0. The van der Waals surface area contributed by atoms with Gasteiger partial charge in [-0.15, -0.1) is 0 Å². The minimum atomic E-state index is -0.512. The molecule has 0 atom stereocenters. The molecule has 1 aromatic heterocycles. The van der Waals surface area contributed by atoms with Gasteiger partial charge in [0, 0.05) is 43.0 Å². The first-order valence-corrected chi connectivity index (χ1v) is 10.9. The summed E-state index contributed by atoms with van der Waals surface area (Å²) in [5, 5.41) is 13.8. The number of rotatable bonds is 6. The lowest BCUT2D eigenvalue weighted by Gasteiger charge is -2.27. The molecule has 0 spiro atoms. The van der Waals surface area contributed by atoms with Crippen LogP contribution in [0.2, 0.25) is 0 Å². The van der Waals surface area contributed by atoms with E-state index in [1.807, 2.05) is 24.3 Å². The van der Waals surface area contributed by atoms with Crippen LogP contribution in [0.15, 0.2) is 72.8 Å². The number of amides is 1. The molecule has 1 N–H and O–H groups in total. The van der Waals surface area contributed by atoms with E-state index in [1.165, 1.54) is 23.8 Å². The molecule has 2 heterocycles. The number of nitro benzene ring substituents is 1. The molecule has 0 fully saturated rings. The van der Waals surface area contributed by atoms with Gasteiger partial charge in [0.25, 0.3) is 11.6 Å². The smallest absolute Gasteiger partial charge is 0.270 e. The molecule has 166 valence electrons. The highest BCUT2D eigenvalue weighted by Gasteiger charge is 2.20. The molecule has 0 bridgehead atoms. The summed E-state index contributed by atoms with van der Waals surface area (Å²) in [5.41, 5.74) is 3.93. The van der Waals surface area contributed by atoms with Gasteiger partial charge in [-0.2, -0.15) is 0 Å². The summed E-state index contributed by atoms with van der Waals surface area (Å²) in [6.45, 7) is 3.62. The predicted octanol–water partition coefficient (Wildman–Crippen LogP) is 4.26. The lowest BCUT2D eigenvalue weighted by molar-refractivity contribution is -0.384. The molecule has 0 radical (unpaired) electrons. The molecule has 1 aliphatic heterocycles. The molecular formula is C25H23N5O3. The van der Waals surface area contributed by atoms with Crippen molar-refractivity contribution in [3.63, 3.8) is 0 Å². The van der Waals surface area contributed by atoms with Gasteiger partial charge in [0.15, 0.2) is 0 Å². The van der Waals surface area contributed by atoms with E-state index < -0.39 is 10.8 Å². The number of nitro groups is 1. The number of carbonyl (C=O) groups is 1. The Labute approximate surface area is 190 Å². The molecule has 0 unspecified atom stereocenters. The standard InChI is InChI=1S/C25H23N5O3/c31-25(19-7-4-8-21(15-19)30(32)33)26-20-9-10-23-22(16-20)27-24-17-28(13-14-29(23)24)12-11-18-5-2-1-3-6-18/h1-10,15-16H,11-14,17H2,(H,26,31). The number of imidazole rings is 1. The predicted molar refractivity (Wildman–Crippen MR) is 126 cm³/mol. The van der Waals surface area contributed by atoms with Crippen LogP contribution in [0.25, 0.3) is 11.0 Å². The van der Waals surface area contributed by atoms with Gasteiger partial charge < -0.3 is 9.88 Å². The lowest BCUT2D eigenvalue weighted by atomic mass is 10.1. The maximum atomic E-state index is 12.6. The Morgan fingerprint density at radius 3 is 2.70 bits per heavy atom. The van der Waals surface area contributed by atoms with Crippen LogP contribution in [0.5, 0.6) is 0 Å². The zero-order chi connectivity index (χ0) is 22.8. The van der Waals surface area contributed by atoms with Crippen LogP contribution in [0.4, 0.5) is 11.4 Å². The van der Waals surface area contributed by atoms with E-state index in [2.05, 4.69) is 39.0 Å². The van der Waals surface area contributed by atoms with Crippen LogP contribution >= 0.6 is 0 Å². The van der Waals surface area contributed by atoms with Gasteiger partial charge in [-0.1, -0.05) is 36.4 Å². The summed E-state index contributed by atoms with van der Waals surface area (Å²) in [5.74, 6) is 0.626. The molecule has 33 heavy (non-hydrogen) atoms. The van der Waals surface area contributed by atoms with Crippen molar-refractivity contribution in [1.82, 2.24) is 14.5 Å². The van der Waals surface area contributed by atoms with Crippen LogP contribution in [0, 0.1) is 10.1 Å². The summed E-state index contributed by atoms with van der Waals surface area (Å²) in [6, 6.07) is 21.8. The monoisotopic (exact) mass is 441 g/mol. The van der Waals surface area contributed by atoms with Gasteiger partial charge in [-0.05, 0) is 36.2 Å². The fourth-order valence-corrected chi connectivity index (χ4v) is 4.23. The van der Waals surface area contributed by atoms with Gasteiger partial charge >= 0.3 is 0 Å². The number of fused-ring (bicyclic) bond motifs is 3. The third-order valence-corrected chi connectivity index (χ3v) is 5.97. The third-order valence-electron chi connectivity index (χ3n) is 5.97. The van der Waals surface area contributed by atoms with E-state index in [4.69, 9.17) is 4.98 Å². The first-order valence-electron chi connectivity index (χ1n) is 10.9. The van der Waals surface area contributed by atoms with Gasteiger partial charge in [0.2, 0.25) is 0 Å². The Morgan fingerprint density at radius 2 is 1.88 bits per heavy atom. The molecule has 8 nitrogen and oxygen atoms in total. The average Bonchev–Trinajstić information content (AvgIpc) is 3.20. The summed E-state index contributed by atoms with van der Waals surface area (Å²) in [6.07, 6.45) is 1.01. The average molecular weight is 441 g/mol. The van der Waals surface area contributed by atoms with Crippen LogP contribution < -0.4 is 5.32 Å². The molecule has 0 saturated carbocycles. The molecule has 5 rings (SSSR count). The zero-order valence-electron chi connectivity index (χ0n) is 18.0. The second-order valence-corrected chi connectivity index (χ2v) is 8.16. The molecule has 1 aliphatic rings. The van der Waals surface area contributed by atoms with Crippen molar-refractivity contribution in [2.24, 2.45) is 0 Å². The molecule has 8 heteroatoms. The Balaban J connectivity index is 1.29. The Hall–Kier alpha value is -4.04. The summed E-state index contributed by atoms with van der Waals surface area (Å²) in [7, 11) is 0. The first-order chi connectivity index (χ1) is 16.1. The maximum absolute atomic E-state index is 12.6. The van der Waals surface area contributed by atoms with E-state index in [-0.39, 0.29) is 11.3 Å². The quantitative estimate of drug-likeness (QED) is 0.357. The molecule has 4 aromatic rings. The topological polar surface area (TPSA) is 93.3 Å². The second kappa shape index (κ2) is 8.84. The first kappa shape index (κ1) is 20.8. The number of nitrogens with one attached hydrogen (secondary N) is 1. The number of non-ortho nitro benzene ring substituents is 1. The van der Waals surface area contributed by atoms with Crippen LogP contribution in [-0.4, -0.2) is 38.4 Å². The third kappa shape index (κ3) is 4.47. The van der Waals surface area contributed by atoms with E-state index >= 15 is 0 Å². The van der Waals surface area contributed by atoms with Gasteiger partial charge in [0.1, 0.15) is 5.82 Å². The second-order valence-electron chi connectivity index (χ2n) is 8.16. The highest BCUT2D eigenvalue weighted by atomic mass is 16.6. The number of anilines is 1. The normalized spacial score (nSPS) is 13.6. The number of hydrogen-bond donors (Lipinski definition) is 1. The van der Waals surface area contributed by atoms with Crippen molar-refractivity contribution in [2.75, 3.05) is 18.4 Å². The van der Waals surface area contributed by atoms with E-state index in [0.29, 0.717) is 5.69 Å². The lowest BCUT2D eigenvalue weighted by Crippen LogP contribution is -2.35. The Kier molecular flexibility index (Phi) is 5.58. The van der Waals surface area contributed by atoms with Crippen molar-refractivity contribution in [2.45, 2.75) is 19.5 Å². The summed E-state index contributed by atoms with van der Waals surface area (Å²) < 4.78 is 2.24. The fourth-order valence-electron chi connectivity index (χ4n) is 4.23. The molecule has 0 aliphatic carbocycles. The van der Waals surface area contributed by atoms with E-state index in [0.717, 1.165) is 49.5 Å². The highest BCUT2D eigenvalue weighted by Crippen LogP contribution is 2.24.